The van der Waals surface area contributed by atoms with E-state index in [1.807, 2.05) is 0 Å². The molecule has 1 N–H and O–H groups in total. The Kier molecular flexibility index (Phi) is 3.50. The minimum Gasteiger partial charge on any atom is -0.479 e. The number of hydrogen-bond acceptors (Lipinski definition) is 2. The van der Waals surface area contributed by atoms with Crippen LogP contribution in [0.4, 0.5) is 8.78 Å². The molecule has 0 aliphatic heterocycles. The topological polar surface area (TPSA) is 57.6 Å². The number of halogens is 2. The Morgan fingerprint density at radius 1 is 1.37 bits per heavy atom. The Balaban J connectivity index is 2.44. The summed E-state index contributed by atoms with van der Waals surface area (Å²) in [5.74, 6) is -3.50. The van der Waals surface area contributed by atoms with Gasteiger partial charge >= 0.3 is 5.97 Å². The highest BCUT2D eigenvalue weighted by Gasteiger charge is 2.41. The molecule has 4 nitrogen and oxygen atoms in total. The number of benzene rings is 1. The summed E-state index contributed by atoms with van der Waals surface area (Å²) in [6.45, 7) is 1.25. The molecular weight excluding hydrogens is 256 g/mol. The summed E-state index contributed by atoms with van der Waals surface area (Å²) in [7, 11) is 0. The lowest BCUT2D eigenvalue weighted by atomic mass is 10.0. The smallest absolute Gasteiger partial charge is 0.331 e. The average molecular weight is 269 g/mol. The molecule has 2 rings (SSSR count). The first-order chi connectivity index (χ1) is 8.91. The highest BCUT2D eigenvalue weighted by atomic mass is 19.1. The third-order valence-corrected chi connectivity index (χ3v) is 3.07. The molecule has 1 fully saturated rings. The summed E-state index contributed by atoms with van der Waals surface area (Å²) in [5.41, 5.74) is -0.198. The van der Waals surface area contributed by atoms with Crippen LogP contribution < -0.4 is 0 Å². The lowest BCUT2D eigenvalue weighted by molar-refractivity contribution is -0.150. The Bertz CT molecular complexity index is 529. The first kappa shape index (κ1) is 13.5. The number of carboxylic acids is 1. The zero-order valence-corrected chi connectivity index (χ0v) is 10.3. The molecule has 0 saturated heterocycles. The van der Waals surface area contributed by atoms with Crippen molar-refractivity contribution in [1.82, 2.24) is 4.90 Å². The number of aliphatic carboxylic acids is 1. The second kappa shape index (κ2) is 4.95. The predicted octanol–water partition coefficient (Wildman–Crippen LogP) is 2.10. The van der Waals surface area contributed by atoms with E-state index in [1.165, 1.54) is 6.92 Å². The number of carbonyl (C=O) groups excluding carboxylic acids is 1. The lowest BCUT2D eigenvalue weighted by Gasteiger charge is -2.28. The van der Waals surface area contributed by atoms with Crippen molar-refractivity contribution in [2.75, 3.05) is 0 Å². The summed E-state index contributed by atoms with van der Waals surface area (Å²) >= 11 is 0. The van der Waals surface area contributed by atoms with Gasteiger partial charge in [-0.05, 0) is 18.9 Å². The van der Waals surface area contributed by atoms with E-state index in [4.69, 9.17) is 0 Å². The fraction of sp³-hybridized carbons (Fsp3) is 0.385. The van der Waals surface area contributed by atoms with Crippen molar-refractivity contribution >= 4 is 11.9 Å². The molecule has 6 heteroatoms. The van der Waals surface area contributed by atoms with E-state index in [0.29, 0.717) is 18.9 Å². The van der Waals surface area contributed by atoms with Crippen molar-refractivity contribution in [2.45, 2.75) is 31.8 Å². The molecule has 1 aromatic carbocycles. The molecule has 1 unspecified atom stereocenters. The van der Waals surface area contributed by atoms with Crippen molar-refractivity contribution in [1.29, 1.82) is 0 Å². The van der Waals surface area contributed by atoms with Crippen LogP contribution in [0.3, 0.4) is 0 Å². The maximum atomic E-state index is 13.7. The fourth-order valence-electron chi connectivity index (χ4n) is 2.13. The van der Waals surface area contributed by atoms with E-state index in [1.54, 1.807) is 0 Å². The second-order valence-corrected chi connectivity index (χ2v) is 4.56. The number of amides is 1. The van der Waals surface area contributed by atoms with Gasteiger partial charge in [-0.25, -0.2) is 13.6 Å². The van der Waals surface area contributed by atoms with Crippen molar-refractivity contribution in [3.8, 4) is 0 Å². The van der Waals surface area contributed by atoms with Gasteiger partial charge in [-0.3, -0.25) is 4.79 Å². The van der Waals surface area contributed by atoms with Crippen LogP contribution in [-0.4, -0.2) is 27.9 Å². The highest BCUT2D eigenvalue weighted by Crippen LogP contribution is 2.35. The van der Waals surface area contributed by atoms with Gasteiger partial charge in [0, 0.05) is 24.6 Å². The van der Waals surface area contributed by atoms with Gasteiger partial charge in [-0.1, -0.05) is 6.07 Å². The molecule has 102 valence electrons. The summed E-state index contributed by atoms with van der Waals surface area (Å²) in [5, 5.41) is 9.26. The van der Waals surface area contributed by atoms with Crippen LogP contribution in [0.5, 0.6) is 0 Å². The molecule has 0 spiro atoms. The zero-order chi connectivity index (χ0) is 14.2. The van der Waals surface area contributed by atoms with Crippen LogP contribution in [0, 0.1) is 11.6 Å². The quantitative estimate of drug-likeness (QED) is 0.910. The van der Waals surface area contributed by atoms with Gasteiger partial charge in [0.2, 0.25) is 5.91 Å². The molecule has 1 amide bonds. The average Bonchev–Trinajstić information content (AvgIpc) is 3.10. The lowest BCUT2D eigenvalue weighted by Crippen LogP contribution is -2.39. The zero-order valence-electron chi connectivity index (χ0n) is 10.3. The SMILES string of the molecule is CC(=O)N(C1CC1)C(C(=O)O)c1ccc(F)cc1F. The number of nitrogens with zero attached hydrogens (tertiary/aromatic N) is 1. The van der Waals surface area contributed by atoms with Crippen molar-refractivity contribution in [2.24, 2.45) is 0 Å². The first-order valence-corrected chi connectivity index (χ1v) is 5.88. The number of carbonyl (C=O) groups is 2. The summed E-state index contributed by atoms with van der Waals surface area (Å²) < 4.78 is 26.6. The van der Waals surface area contributed by atoms with Crippen LogP contribution >= 0.6 is 0 Å². The van der Waals surface area contributed by atoms with Gasteiger partial charge in [0.25, 0.3) is 0 Å². The molecule has 0 aromatic heterocycles. The Morgan fingerprint density at radius 2 is 2.00 bits per heavy atom. The largest absolute Gasteiger partial charge is 0.479 e. The van der Waals surface area contributed by atoms with Crippen LogP contribution in [0.15, 0.2) is 18.2 Å². The first-order valence-electron chi connectivity index (χ1n) is 5.88. The standard InChI is InChI=1S/C13H13F2NO3/c1-7(17)16(9-3-4-9)12(13(18)19)10-5-2-8(14)6-11(10)15/h2,5-6,9,12H,3-4H2,1H3,(H,18,19). The van der Waals surface area contributed by atoms with Crippen LogP contribution in [0.1, 0.15) is 31.4 Å². The predicted molar refractivity (Wildman–Crippen MR) is 62.3 cm³/mol. The Morgan fingerprint density at radius 3 is 2.42 bits per heavy atom. The molecule has 1 aliphatic rings. The minimum atomic E-state index is -1.41. The molecule has 19 heavy (non-hydrogen) atoms. The van der Waals surface area contributed by atoms with Crippen molar-refractivity contribution in [3.63, 3.8) is 0 Å². The normalized spacial score (nSPS) is 15.9. The fourth-order valence-corrected chi connectivity index (χ4v) is 2.13. The molecule has 1 aliphatic carbocycles. The monoisotopic (exact) mass is 269 g/mol. The molecular formula is C13H13F2NO3. The van der Waals surface area contributed by atoms with Crippen molar-refractivity contribution in [3.05, 3.63) is 35.4 Å². The molecule has 1 atom stereocenters. The Labute approximate surface area is 108 Å². The van der Waals surface area contributed by atoms with E-state index in [0.717, 1.165) is 17.0 Å². The molecule has 0 radical (unpaired) electrons. The molecule has 1 saturated carbocycles. The summed E-state index contributed by atoms with van der Waals surface area (Å²) in [6.07, 6.45) is 1.40. The van der Waals surface area contributed by atoms with Gasteiger partial charge in [0.1, 0.15) is 11.6 Å². The maximum absolute atomic E-state index is 13.7. The summed E-state index contributed by atoms with van der Waals surface area (Å²) in [6, 6.07) is 1.09. The number of carboxylic acid groups (broad SMARTS) is 1. The van der Waals surface area contributed by atoms with Crippen LogP contribution in [0.2, 0.25) is 0 Å². The molecule has 0 bridgehead atoms. The highest BCUT2D eigenvalue weighted by molar-refractivity contribution is 5.84. The third-order valence-electron chi connectivity index (χ3n) is 3.07. The van der Waals surface area contributed by atoms with Gasteiger partial charge in [-0.15, -0.1) is 0 Å². The van der Waals surface area contributed by atoms with Gasteiger partial charge in [0.15, 0.2) is 6.04 Å². The van der Waals surface area contributed by atoms with Crippen LogP contribution in [0.25, 0.3) is 0 Å². The van der Waals surface area contributed by atoms with Crippen molar-refractivity contribution < 1.29 is 23.5 Å². The van der Waals surface area contributed by atoms with Gasteiger partial charge in [0.05, 0.1) is 0 Å². The van der Waals surface area contributed by atoms with E-state index in [-0.39, 0.29) is 11.6 Å². The van der Waals surface area contributed by atoms with E-state index < -0.39 is 29.6 Å². The van der Waals surface area contributed by atoms with Gasteiger partial charge in [-0.2, -0.15) is 0 Å². The molecule has 0 heterocycles. The second-order valence-electron chi connectivity index (χ2n) is 4.56. The Hall–Kier alpha value is -1.98. The van der Waals surface area contributed by atoms with E-state index in [9.17, 15) is 23.5 Å². The van der Waals surface area contributed by atoms with E-state index >= 15 is 0 Å². The van der Waals surface area contributed by atoms with E-state index in [2.05, 4.69) is 0 Å². The number of hydrogen-bond donors (Lipinski definition) is 1. The van der Waals surface area contributed by atoms with Gasteiger partial charge < -0.3 is 10.0 Å². The number of rotatable bonds is 4. The minimum absolute atomic E-state index is 0.178. The third kappa shape index (κ3) is 2.72. The summed E-state index contributed by atoms with van der Waals surface area (Å²) in [4.78, 5) is 24.1. The van der Waals surface area contributed by atoms with Crippen LogP contribution in [-0.2, 0) is 9.59 Å². The molecule has 1 aromatic rings. The maximum Gasteiger partial charge on any atom is 0.331 e.